The highest BCUT2D eigenvalue weighted by atomic mass is 19.3. The van der Waals surface area contributed by atoms with E-state index in [1.54, 1.807) is 0 Å². The Labute approximate surface area is 191 Å². The smallest absolute Gasteiger partial charge is 0.388 e. The fraction of sp³-hybridized carbons (Fsp3) is 0.435. The summed E-state index contributed by atoms with van der Waals surface area (Å²) >= 11 is 0. The number of hydrogen-bond donors (Lipinski definition) is 3. The van der Waals surface area contributed by atoms with E-state index in [1.807, 2.05) is 36.9 Å². The van der Waals surface area contributed by atoms with Crippen LogP contribution >= 0.6 is 0 Å². The van der Waals surface area contributed by atoms with Gasteiger partial charge in [0.2, 0.25) is 0 Å². The molecule has 176 valence electrons. The summed E-state index contributed by atoms with van der Waals surface area (Å²) in [6.07, 6.45) is 5.03. The predicted octanol–water partition coefficient (Wildman–Crippen LogP) is 4.27. The van der Waals surface area contributed by atoms with E-state index in [1.165, 1.54) is 12.4 Å². The number of ether oxygens (including phenoxy) is 2. The van der Waals surface area contributed by atoms with Crippen LogP contribution in [0.4, 0.5) is 20.3 Å². The molecule has 10 heteroatoms. The molecular weight excluding hydrogens is 430 g/mol. The summed E-state index contributed by atoms with van der Waals surface area (Å²) in [5.41, 5.74) is 2.85. The van der Waals surface area contributed by atoms with E-state index in [4.69, 9.17) is 10.1 Å². The molecule has 1 atom stereocenters. The predicted molar refractivity (Wildman–Crippen MR) is 121 cm³/mol. The minimum Gasteiger partial charge on any atom is -0.413 e. The first-order valence-electron chi connectivity index (χ1n) is 10.8. The Morgan fingerprint density at radius 2 is 2.03 bits per heavy atom. The van der Waals surface area contributed by atoms with Crippen molar-refractivity contribution < 1.29 is 18.3 Å². The molecule has 1 aromatic heterocycles. The molecule has 1 unspecified atom stereocenters. The van der Waals surface area contributed by atoms with E-state index in [0.717, 1.165) is 29.7 Å². The summed E-state index contributed by atoms with van der Waals surface area (Å²) in [6, 6.07) is 5.90. The molecule has 2 aliphatic heterocycles. The highest BCUT2D eigenvalue weighted by Crippen LogP contribution is 2.39. The molecule has 3 N–H and O–H groups in total. The molecule has 33 heavy (non-hydrogen) atoms. The lowest BCUT2D eigenvalue weighted by atomic mass is 9.82. The Balaban J connectivity index is 1.59. The molecule has 2 fully saturated rings. The largest absolute Gasteiger partial charge is 0.413 e. The Kier molecular flexibility index (Phi) is 6.46. The van der Waals surface area contributed by atoms with Gasteiger partial charge in [-0.1, -0.05) is 18.7 Å². The summed E-state index contributed by atoms with van der Waals surface area (Å²) in [6.45, 7) is 6.62. The molecular formula is C23H28F2N6O2. The van der Waals surface area contributed by atoms with Crippen molar-refractivity contribution in [1.82, 2.24) is 20.2 Å². The van der Waals surface area contributed by atoms with Gasteiger partial charge < -0.3 is 25.0 Å². The van der Waals surface area contributed by atoms with Crippen LogP contribution in [0.15, 0.2) is 42.9 Å². The second-order valence-electron chi connectivity index (χ2n) is 8.45. The van der Waals surface area contributed by atoms with Crippen LogP contribution in [-0.2, 0) is 10.3 Å². The first-order valence-corrected chi connectivity index (χ1v) is 10.8. The number of benzene rings is 1. The van der Waals surface area contributed by atoms with Gasteiger partial charge in [-0.2, -0.15) is 8.78 Å². The van der Waals surface area contributed by atoms with Crippen LogP contribution in [0.5, 0.6) is 5.88 Å². The van der Waals surface area contributed by atoms with Gasteiger partial charge in [-0.25, -0.2) is 9.97 Å². The number of nitrogens with zero attached hydrogens (tertiary/aromatic N) is 3. The fourth-order valence-electron chi connectivity index (χ4n) is 4.64. The van der Waals surface area contributed by atoms with Gasteiger partial charge in [-0.3, -0.25) is 5.41 Å². The number of anilines is 2. The van der Waals surface area contributed by atoms with Crippen molar-refractivity contribution in [3.05, 3.63) is 54.0 Å². The third kappa shape index (κ3) is 4.75. The van der Waals surface area contributed by atoms with E-state index in [9.17, 15) is 8.78 Å². The zero-order valence-electron chi connectivity index (χ0n) is 18.7. The zero-order chi connectivity index (χ0) is 23.6. The van der Waals surface area contributed by atoms with Gasteiger partial charge >= 0.3 is 6.61 Å². The van der Waals surface area contributed by atoms with E-state index in [0.29, 0.717) is 31.3 Å². The first-order chi connectivity index (χ1) is 15.8. The SMILES string of the molecule is C=C1CC(C)(c2cccc(Nc3nccnc3OC(F)F)c2C)NC(=N)N1C1CCOCC1. The maximum atomic E-state index is 12.8. The molecule has 2 aliphatic rings. The number of halogens is 2. The average Bonchev–Trinajstić information content (AvgIpc) is 2.76. The molecule has 2 saturated heterocycles. The van der Waals surface area contributed by atoms with E-state index >= 15 is 0 Å². The Morgan fingerprint density at radius 3 is 2.73 bits per heavy atom. The lowest BCUT2D eigenvalue weighted by Gasteiger charge is -2.47. The van der Waals surface area contributed by atoms with Crippen LogP contribution in [0.2, 0.25) is 0 Å². The number of rotatable bonds is 6. The van der Waals surface area contributed by atoms with Gasteiger partial charge in [0.15, 0.2) is 11.8 Å². The molecule has 8 nitrogen and oxygen atoms in total. The summed E-state index contributed by atoms with van der Waals surface area (Å²) in [7, 11) is 0. The third-order valence-electron chi connectivity index (χ3n) is 6.14. The van der Waals surface area contributed by atoms with Gasteiger partial charge in [0.1, 0.15) is 0 Å². The third-order valence-corrected chi connectivity index (χ3v) is 6.14. The molecule has 2 aromatic rings. The molecule has 1 aromatic carbocycles. The van der Waals surface area contributed by atoms with Crippen molar-refractivity contribution in [3.63, 3.8) is 0 Å². The van der Waals surface area contributed by atoms with Crippen LogP contribution in [0.3, 0.4) is 0 Å². The van der Waals surface area contributed by atoms with Crippen LogP contribution in [0.25, 0.3) is 0 Å². The monoisotopic (exact) mass is 458 g/mol. The average molecular weight is 459 g/mol. The molecule has 4 rings (SSSR count). The van der Waals surface area contributed by atoms with Crippen LogP contribution in [0.1, 0.15) is 37.3 Å². The summed E-state index contributed by atoms with van der Waals surface area (Å²) in [4.78, 5) is 9.93. The maximum absolute atomic E-state index is 12.8. The molecule has 0 bridgehead atoms. The molecule has 0 amide bonds. The van der Waals surface area contributed by atoms with Crippen molar-refractivity contribution in [2.45, 2.75) is 51.3 Å². The topological polar surface area (TPSA) is 95.4 Å². The number of aromatic nitrogens is 2. The van der Waals surface area contributed by atoms with Gasteiger partial charge in [-0.15, -0.1) is 0 Å². The highest BCUT2D eigenvalue weighted by Gasteiger charge is 2.40. The molecule has 0 spiro atoms. The van der Waals surface area contributed by atoms with Crippen molar-refractivity contribution in [2.75, 3.05) is 18.5 Å². The number of hydrogen-bond acceptors (Lipinski definition) is 6. The van der Waals surface area contributed by atoms with Crippen molar-refractivity contribution in [1.29, 1.82) is 5.41 Å². The van der Waals surface area contributed by atoms with E-state index < -0.39 is 12.2 Å². The number of alkyl halides is 2. The fourth-order valence-corrected chi connectivity index (χ4v) is 4.64. The van der Waals surface area contributed by atoms with Crippen molar-refractivity contribution in [3.8, 4) is 5.88 Å². The molecule has 3 heterocycles. The minimum absolute atomic E-state index is 0.0997. The van der Waals surface area contributed by atoms with Crippen molar-refractivity contribution in [2.24, 2.45) is 0 Å². The number of guanidine groups is 1. The van der Waals surface area contributed by atoms with E-state index in [2.05, 4.69) is 31.9 Å². The molecule has 0 aliphatic carbocycles. The Hall–Kier alpha value is -3.27. The lowest BCUT2D eigenvalue weighted by molar-refractivity contribution is -0.0525. The van der Waals surface area contributed by atoms with Crippen LogP contribution < -0.4 is 15.4 Å². The Bertz CT molecular complexity index is 1020. The van der Waals surface area contributed by atoms with Gasteiger partial charge in [0.05, 0.1) is 5.54 Å². The second-order valence-corrected chi connectivity index (χ2v) is 8.45. The summed E-state index contributed by atoms with van der Waals surface area (Å²) < 4.78 is 35.4. The maximum Gasteiger partial charge on any atom is 0.388 e. The second kappa shape index (κ2) is 9.30. The standard InChI is InChI=1S/C23H28F2N6O2/c1-14-13-23(3,30-22(26)31(14)16-7-11-32-12-8-16)17-5-4-6-18(15(17)2)29-19-20(33-21(24)25)28-10-9-27-19/h4-6,9-10,16,21H,1,7-8,11-13H2,2-3H3,(H2,26,30)(H,27,29). The lowest BCUT2D eigenvalue weighted by Crippen LogP contribution is -2.59. The van der Waals surface area contributed by atoms with E-state index in [-0.39, 0.29) is 17.7 Å². The summed E-state index contributed by atoms with van der Waals surface area (Å²) in [5, 5.41) is 15.2. The highest BCUT2D eigenvalue weighted by molar-refractivity contribution is 5.82. The minimum atomic E-state index is -3.00. The normalized spacial score (nSPS) is 21.8. The Morgan fingerprint density at radius 1 is 1.30 bits per heavy atom. The zero-order valence-corrected chi connectivity index (χ0v) is 18.7. The van der Waals surface area contributed by atoms with Crippen molar-refractivity contribution >= 4 is 17.5 Å². The van der Waals surface area contributed by atoms with Gasteiger partial charge in [0.25, 0.3) is 5.88 Å². The molecule has 0 radical (unpaired) electrons. The van der Waals surface area contributed by atoms with Gasteiger partial charge in [0, 0.05) is 49.5 Å². The summed E-state index contributed by atoms with van der Waals surface area (Å²) in [5.74, 6) is 0.143. The molecule has 0 saturated carbocycles. The number of nitrogens with one attached hydrogen (secondary N) is 3. The van der Waals surface area contributed by atoms with Crippen LogP contribution in [0, 0.1) is 12.3 Å². The first kappa shape index (κ1) is 22.9. The quantitative estimate of drug-likeness (QED) is 0.595. The van der Waals surface area contributed by atoms with Crippen LogP contribution in [-0.4, -0.2) is 46.7 Å². The van der Waals surface area contributed by atoms with Gasteiger partial charge in [-0.05, 0) is 43.9 Å².